The highest BCUT2D eigenvalue weighted by molar-refractivity contribution is 5.96. The van der Waals surface area contributed by atoms with Crippen LogP contribution < -0.4 is 0 Å². The van der Waals surface area contributed by atoms with E-state index in [1.165, 1.54) is 0 Å². The fraction of sp³-hybridized carbons (Fsp3) is 0.444. The quantitative estimate of drug-likeness (QED) is 0.844. The Kier molecular flexibility index (Phi) is 3.99. The number of aromatic nitrogens is 3. The fourth-order valence-electron chi connectivity index (χ4n) is 3.40. The summed E-state index contributed by atoms with van der Waals surface area (Å²) >= 11 is 0. The second-order valence-electron chi connectivity index (χ2n) is 6.79. The van der Waals surface area contributed by atoms with Crippen LogP contribution in [0.4, 0.5) is 0 Å². The first-order valence-corrected chi connectivity index (χ1v) is 8.65. The topological polar surface area (TPSA) is 71.3 Å². The van der Waals surface area contributed by atoms with E-state index < -0.39 is 0 Å². The summed E-state index contributed by atoms with van der Waals surface area (Å²) in [7, 11) is 0. The van der Waals surface area contributed by atoms with Gasteiger partial charge in [-0.15, -0.1) is 5.10 Å². The summed E-state index contributed by atoms with van der Waals surface area (Å²) in [6, 6.07) is 7.80. The largest absolute Gasteiger partial charge is 0.337 e. The Bertz CT molecular complexity index is 809. The number of amides is 2. The average Bonchev–Trinajstić information content (AvgIpc) is 3.17. The predicted octanol–water partition coefficient (Wildman–Crippen LogP) is 1.41. The molecule has 0 saturated carbocycles. The Balaban J connectivity index is 1.36. The van der Waals surface area contributed by atoms with E-state index in [1.807, 2.05) is 51.9 Å². The van der Waals surface area contributed by atoms with Gasteiger partial charge in [-0.1, -0.05) is 23.4 Å². The van der Waals surface area contributed by atoms with Crippen LogP contribution in [0.2, 0.25) is 0 Å². The molecule has 3 heterocycles. The van der Waals surface area contributed by atoms with Gasteiger partial charge in [0.25, 0.3) is 5.91 Å². The van der Waals surface area contributed by atoms with Crippen LogP contribution in [0.3, 0.4) is 0 Å². The first-order chi connectivity index (χ1) is 12.1. The minimum absolute atomic E-state index is 0.0670. The summed E-state index contributed by atoms with van der Waals surface area (Å²) in [6.07, 6.45) is 3.45. The molecule has 0 radical (unpaired) electrons. The zero-order chi connectivity index (χ0) is 17.4. The van der Waals surface area contributed by atoms with Crippen LogP contribution in [0.15, 0.2) is 30.5 Å². The molecule has 7 heteroatoms. The van der Waals surface area contributed by atoms with Crippen molar-refractivity contribution in [2.45, 2.75) is 32.4 Å². The normalized spacial score (nSPS) is 17.9. The summed E-state index contributed by atoms with van der Waals surface area (Å²) < 4.78 is 1.82. The van der Waals surface area contributed by atoms with Crippen LogP contribution in [0.5, 0.6) is 0 Å². The monoisotopic (exact) mass is 339 g/mol. The molecule has 130 valence electrons. The van der Waals surface area contributed by atoms with Crippen LogP contribution in [-0.4, -0.2) is 56.2 Å². The predicted molar refractivity (Wildman–Crippen MR) is 90.8 cm³/mol. The van der Waals surface area contributed by atoms with Crippen molar-refractivity contribution in [1.82, 2.24) is 24.8 Å². The van der Waals surface area contributed by atoms with Gasteiger partial charge in [-0.2, -0.15) is 0 Å². The van der Waals surface area contributed by atoms with Crippen LogP contribution in [0, 0.1) is 6.92 Å². The molecular formula is C18H21N5O2. The van der Waals surface area contributed by atoms with Gasteiger partial charge in [-0.3, -0.25) is 9.59 Å². The number of nitrogens with zero attached hydrogens (tertiary/aromatic N) is 5. The number of rotatable bonds is 4. The third kappa shape index (κ3) is 3.01. The Labute approximate surface area is 146 Å². The molecular weight excluding hydrogens is 318 g/mol. The molecule has 7 nitrogen and oxygen atoms in total. The lowest BCUT2D eigenvalue weighted by molar-refractivity contribution is -0.128. The molecule has 2 amide bonds. The van der Waals surface area contributed by atoms with E-state index in [0.717, 1.165) is 29.8 Å². The van der Waals surface area contributed by atoms with Crippen molar-refractivity contribution < 1.29 is 9.59 Å². The van der Waals surface area contributed by atoms with Gasteiger partial charge in [0.05, 0.1) is 18.8 Å². The van der Waals surface area contributed by atoms with Crippen molar-refractivity contribution in [2.24, 2.45) is 0 Å². The van der Waals surface area contributed by atoms with Gasteiger partial charge in [0.1, 0.15) is 5.69 Å². The van der Waals surface area contributed by atoms with E-state index in [-0.39, 0.29) is 17.9 Å². The summed E-state index contributed by atoms with van der Waals surface area (Å²) in [5.74, 6) is 0.255. The maximum Gasteiger partial charge on any atom is 0.254 e. The van der Waals surface area contributed by atoms with Crippen molar-refractivity contribution in [1.29, 1.82) is 0 Å². The maximum atomic E-state index is 12.5. The van der Waals surface area contributed by atoms with Crippen molar-refractivity contribution in [3.05, 3.63) is 47.3 Å². The first kappa shape index (κ1) is 15.8. The third-order valence-electron chi connectivity index (χ3n) is 4.98. The van der Waals surface area contributed by atoms with Crippen LogP contribution in [0.1, 0.15) is 40.5 Å². The molecule has 0 aliphatic carbocycles. The van der Waals surface area contributed by atoms with Crippen LogP contribution in [-0.2, 0) is 11.3 Å². The summed E-state index contributed by atoms with van der Waals surface area (Å²) in [6.45, 7) is 4.55. The molecule has 4 rings (SSSR count). The third-order valence-corrected chi connectivity index (χ3v) is 4.98. The highest BCUT2D eigenvalue weighted by Gasteiger charge is 2.34. The van der Waals surface area contributed by atoms with E-state index in [2.05, 4.69) is 10.3 Å². The molecule has 0 spiro atoms. The van der Waals surface area contributed by atoms with E-state index in [4.69, 9.17) is 0 Å². The van der Waals surface area contributed by atoms with Crippen molar-refractivity contribution in [2.75, 3.05) is 19.6 Å². The second kappa shape index (κ2) is 6.31. The SMILES string of the molecule is Cc1ccccc1C(=O)N1CC(n2cc(CN3CCCC3=O)nn2)C1. The number of carbonyl (C=O) groups is 2. The number of carbonyl (C=O) groups excluding carboxylic acids is 2. The van der Waals surface area contributed by atoms with E-state index in [0.29, 0.717) is 26.1 Å². The van der Waals surface area contributed by atoms with Gasteiger partial charge < -0.3 is 9.80 Å². The summed E-state index contributed by atoms with van der Waals surface area (Å²) in [4.78, 5) is 27.9. The van der Waals surface area contributed by atoms with Crippen molar-refractivity contribution in [3.63, 3.8) is 0 Å². The van der Waals surface area contributed by atoms with Gasteiger partial charge in [0.15, 0.2) is 0 Å². The van der Waals surface area contributed by atoms with E-state index in [9.17, 15) is 9.59 Å². The summed E-state index contributed by atoms with van der Waals surface area (Å²) in [5.41, 5.74) is 2.56. The van der Waals surface area contributed by atoms with Crippen LogP contribution >= 0.6 is 0 Å². The molecule has 25 heavy (non-hydrogen) atoms. The molecule has 2 saturated heterocycles. The number of hydrogen-bond donors (Lipinski definition) is 0. The van der Waals surface area contributed by atoms with E-state index >= 15 is 0 Å². The highest BCUT2D eigenvalue weighted by Crippen LogP contribution is 2.24. The van der Waals surface area contributed by atoms with Gasteiger partial charge in [-0.25, -0.2) is 4.68 Å². The van der Waals surface area contributed by atoms with Gasteiger partial charge in [0.2, 0.25) is 5.91 Å². The minimum atomic E-state index is 0.0670. The van der Waals surface area contributed by atoms with Crippen molar-refractivity contribution >= 4 is 11.8 Å². The molecule has 1 aromatic heterocycles. The maximum absolute atomic E-state index is 12.5. The standard InChI is InChI=1S/C18H21N5O2/c1-13-5-2-3-6-16(13)18(25)22-11-15(12-22)23-10-14(19-20-23)9-21-8-4-7-17(21)24/h2-3,5-6,10,15H,4,7-9,11-12H2,1H3. The Hall–Kier alpha value is -2.70. The molecule has 1 aromatic carbocycles. The smallest absolute Gasteiger partial charge is 0.254 e. The summed E-state index contributed by atoms with van der Waals surface area (Å²) in [5, 5.41) is 8.35. The zero-order valence-corrected chi connectivity index (χ0v) is 14.3. The van der Waals surface area contributed by atoms with E-state index in [1.54, 1.807) is 0 Å². The second-order valence-corrected chi connectivity index (χ2v) is 6.79. The molecule has 0 atom stereocenters. The Morgan fingerprint density at radius 1 is 1.28 bits per heavy atom. The number of aryl methyl sites for hydroxylation is 1. The molecule has 0 N–H and O–H groups in total. The van der Waals surface area contributed by atoms with Gasteiger partial charge in [0, 0.05) is 31.6 Å². The number of benzene rings is 1. The minimum Gasteiger partial charge on any atom is -0.337 e. The Morgan fingerprint density at radius 3 is 2.80 bits per heavy atom. The highest BCUT2D eigenvalue weighted by atomic mass is 16.2. The van der Waals surface area contributed by atoms with Gasteiger partial charge in [-0.05, 0) is 25.0 Å². The molecule has 2 fully saturated rings. The fourth-order valence-corrected chi connectivity index (χ4v) is 3.40. The molecule has 0 bridgehead atoms. The van der Waals surface area contributed by atoms with Crippen molar-refractivity contribution in [3.8, 4) is 0 Å². The van der Waals surface area contributed by atoms with Crippen LogP contribution in [0.25, 0.3) is 0 Å². The number of likely N-dealkylation sites (tertiary alicyclic amines) is 2. The first-order valence-electron chi connectivity index (χ1n) is 8.65. The lowest BCUT2D eigenvalue weighted by Gasteiger charge is -2.39. The zero-order valence-electron chi connectivity index (χ0n) is 14.3. The molecule has 2 aromatic rings. The Morgan fingerprint density at radius 2 is 2.08 bits per heavy atom. The molecule has 2 aliphatic rings. The molecule has 0 unspecified atom stereocenters. The lowest BCUT2D eigenvalue weighted by atomic mass is 10.0. The lowest BCUT2D eigenvalue weighted by Crippen LogP contribution is -2.51. The molecule has 2 aliphatic heterocycles. The number of hydrogen-bond acceptors (Lipinski definition) is 4. The van der Waals surface area contributed by atoms with Gasteiger partial charge >= 0.3 is 0 Å². The average molecular weight is 339 g/mol.